The van der Waals surface area contributed by atoms with E-state index in [1.165, 1.54) is 5.56 Å². The molecule has 3 N–H and O–H groups in total. The highest BCUT2D eigenvalue weighted by atomic mass is 16.3. The standard InChI is InChI=1S/C11H13N3O/c1-8-2-4-10(5-3-8)14-11(12)9(7-15)6-13-14/h2-6,15H,7,12H2,1H3. The second-order valence-corrected chi connectivity index (χ2v) is 3.46. The maximum Gasteiger partial charge on any atom is 0.132 e. The summed E-state index contributed by atoms with van der Waals surface area (Å²) in [5.74, 6) is 0.487. The average molecular weight is 203 g/mol. The number of aliphatic hydroxyl groups is 1. The smallest absolute Gasteiger partial charge is 0.132 e. The molecular weight excluding hydrogens is 190 g/mol. The molecular formula is C11H13N3O. The second-order valence-electron chi connectivity index (χ2n) is 3.46. The van der Waals surface area contributed by atoms with Gasteiger partial charge in [-0.3, -0.25) is 0 Å². The van der Waals surface area contributed by atoms with Crippen molar-refractivity contribution in [2.24, 2.45) is 0 Å². The first-order chi connectivity index (χ1) is 7.22. The van der Waals surface area contributed by atoms with Crippen LogP contribution in [0.2, 0.25) is 0 Å². The van der Waals surface area contributed by atoms with E-state index >= 15 is 0 Å². The number of benzene rings is 1. The fourth-order valence-electron chi connectivity index (χ4n) is 1.41. The SMILES string of the molecule is Cc1ccc(-n2ncc(CO)c2N)cc1. The van der Waals surface area contributed by atoms with E-state index in [2.05, 4.69) is 5.10 Å². The summed E-state index contributed by atoms with van der Waals surface area (Å²) in [6.45, 7) is 1.94. The molecule has 0 saturated heterocycles. The molecule has 4 nitrogen and oxygen atoms in total. The van der Waals surface area contributed by atoms with Gasteiger partial charge in [0.1, 0.15) is 5.82 Å². The predicted octanol–water partition coefficient (Wildman–Crippen LogP) is 1.26. The first-order valence-corrected chi connectivity index (χ1v) is 4.72. The summed E-state index contributed by atoms with van der Waals surface area (Å²) < 4.78 is 1.62. The van der Waals surface area contributed by atoms with Crippen LogP contribution in [0.5, 0.6) is 0 Å². The van der Waals surface area contributed by atoms with Crippen molar-refractivity contribution >= 4 is 5.82 Å². The summed E-state index contributed by atoms with van der Waals surface area (Å²) in [5, 5.41) is 13.1. The molecule has 1 aromatic heterocycles. The Morgan fingerprint density at radius 2 is 2.00 bits per heavy atom. The van der Waals surface area contributed by atoms with Gasteiger partial charge in [-0.25, -0.2) is 4.68 Å². The number of nitrogen functional groups attached to an aromatic ring is 1. The molecule has 0 atom stereocenters. The van der Waals surface area contributed by atoms with Gasteiger partial charge in [0.25, 0.3) is 0 Å². The maximum atomic E-state index is 8.99. The third-order valence-corrected chi connectivity index (χ3v) is 2.34. The molecule has 15 heavy (non-hydrogen) atoms. The van der Waals surface area contributed by atoms with Crippen LogP contribution in [0.3, 0.4) is 0 Å². The Morgan fingerprint density at radius 3 is 2.53 bits per heavy atom. The van der Waals surface area contributed by atoms with Gasteiger partial charge in [0.05, 0.1) is 18.5 Å². The lowest BCUT2D eigenvalue weighted by atomic mass is 10.2. The third-order valence-electron chi connectivity index (χ3n) is 2.34. The number of nitrogens with two attached hydrogens (primary N) is 1. The van der Waals surface area contributed by atoms with Crippen LogP contribution in [-0.2, 0) is 6.61 Å². The van der Waals surface area contributed by atoms with Crippen molar-refractivity contribution in [2.75, 3.05) is 5.73 Å². The van der Waals surface area contributed by atoms with Gasteiger partial charge >= 0.3 is 0 Å². The van der Waals surface area contributed by atoms with E-state index in [1.807, 2.05) is 31.2 Å². The lowest BCUT2D eigenvalue weighted by Crippen LogP contribution is -2.02. The molecule has 0 amide bonds. The number of anilines is 1. The van der Waals surface area contributed by atoms with Crippen LogP contribution in [0.25, 0.3) is 5.69 Å². The van der Waals surface area contributed by atoms with Gasteiger partial charge in [-0.05, 0) is 19.1 Å². The lowest BCUT2D eigenvalue weighted by molar-refractivity contribution is 0.282. The fraction of sp³-hybridized carbons (Fsp3) is 0.182. The number of nitrogens with zero attached hydrogens (tertiary/aromatic N) is 2. The van der Waals surface area contributed by atoms with E-state index in [1.54, 1.807) is 10.9 Å². The Labute approximate surface area is 88.0 Å². The number of aromatic nitrogens is 2. The summed E-state index contributed by atoms with van der Waals surface area (Å²) >= 11 is 0. The van der Waals surface area contributed by atoms with Crippen LogP contribution in [0, 0.1) is 6.92 Å². The monoisotopic (exact) mass is 203 g/mol. The molecule has 0 unspecified atom stereocenters. The van der Waals surface area contributed by atoms with Crippen molar-refractivity contribution in [1.82, 2.24) is 9.78 Å². The third kappa shape index (κ3) is 1.71. The van der Waals surface area contributed by atoms with Crippen molar-refractivity contribution in [2.45, 2.75) is 13.5 Å². The van der Waals surface area contributed by atoms with E-state index in [9.17, 15) is 0 Å². The maximum absolute atomic E-state index is 8.99. The summed E-state index contributed by atoms with van der Waals surface area (Å²) in [7, 11) is 0. The van der Waals surface area contributed by atoms with Gasteiger partial charge < -0.3 is 10.8 Å². The van der Waals surface area contributed by atoms with Crippen molar-refractivity contribution in [3.63, 3.8) is 0 Å². The Morgan fingerprint density at radius 1 is 1.33 bits per heavy atom. The molecule has 1 aromatic carbocycles. The van der Waals surface area contributed by atoms with E-state index in [-0.39, 0.29) is 6.61 Å². The van der Waals surface area contributed by atoms with Gasteiger partial charge in [-0.1, -0.05) is 17.7 Å². The van der Waals surface area contributed by atoms with Gasteiger partial charge in [0.15, 0.2) is 0 Å². The van der Waals surface area contributed by atoms with Crippen LogP contribution in [0.15, 0.2) is 30.5 Å². The molecule has 0 saturated carbocycles. The molecule has 0 bridgehead atoms. The summed E-state index contributed by atoms with van der Waals surface area (Å²) in [6, 6.07) is 7.88. The van der Waals surface area contributed by atoms with E-state index in [0.717, 1.165) is 5.69 Å². The number of aryl methyl sites for hydroxylation is 1. The van der Waals surface area contributed by atoms with Crippen LogP contribution in [0.1, 0.15) is 11.1 Å². The summed E-state index contributed by atoms with van der Waals surface area (Å²) in [5.41, 5.74) is 8.56. The molecule has 0 fully saturated rings. The molecule has 78 valence electrons. The van der Waals surface area contributed by atoms with Crippen molar-refractivity contribution in [1.29, 1.82) is 0 Å². The van der Waals surface area contributed by atoms with Crippen LogP contribution < -0.4 is 5.73 Å². The van der Waals surface area contributed by atoms with Crippen molar-refractivity contribution < 1.29 is 5.11 Å². The zero-order chi connectivity index (χ0) is 10.8. The molecule has 2 aromatic rings. The fourth-order valence-corrected chi connectivity index (χ4v) is 1.41. The highest BCUT2D eigenvalue weighted by Gasteiger charge is 2.07. The van der Waals surface area contributed by atoms with Crippen molar-refractivity contribution in [3.8, 4) is 5.69 Å². The largest absolute Gasteiger partial charge is 0.391 e. The number of hydrogen-bond acceptors (Lipinski definition) is 3. The minimum absolute atomic E-state index is 0.0856. The molecule has 1 heterocycles. The number of hydrogen-bond donors (Lipinski definition) is 2. The lowest BCUT2D eigenvalue weighted by Gasteiger charge is -2.04. The number of rotatable bonds is 2. The molecule has 2 rings (SSSR count). The predicted molar refractivity (Wildman–Crippen MR) is 58.6 cm³/mol. The van der Waals surface area contributed by atoms with Crippen LogP contribution >= 0.6 is 0 Å². The van der Waals surface area contributed by atoms with Crippen molar-refractivity contribution in [3.05, 3.63) is 41.6 Å². The minimum Gasteiger partial charge on any atom is -0.391 e. The Bertz CT molecular complexity index is 459. The Kier molecular flexibility index (Phi) is 2.43. The molecule has 0 aliphatic heterocycles. The summed E-state index contributed by atoms with van der Waals surface area (Å²) in [6.07, 6.45) is 1.58. The first-order valence-electron chi connectivity index (χ1n) is 4.72. The minimum atomic E-state index is -0.0856. The molecule has 0 spiro atoms. The van der Waals surface area contributed by atoms with E-state index in [0.29, 0.717) is 11.4 Å². The first kappa shape index (κ1) is 9.73. The van der Waals surface area contributed by atoms with Crippen LogP contribution in [-0.4, -0.2) is 14.9 Å². The van der Waals surface area contributed by atoms with E-state index in [4.69, 9.17) is 10.8 Å². The highest BCUT2D eigenvalue weighted by molar-refractivity contribution is 5.47. The quantitative estimate of drug-likeness (QED) is 0.772. The normalized spacial score (nSPS) is 10.5. The Hall–Kier alpha value is -1.81. The molecule has 0 aliphatic carbocycles. The van der Waals surface area contributed by atoms with Gasteiger partial charge in [0.2, 0.25) is 0 Å². The summed E-state index contributed by atoms with van der Waals surface area (Å²) in [4.78, 5) is 0. The second kappa shape index (κ2) is 3.74. The van der Waals surface area contributed by atoms with Gasteiger partial charge in [0, 0.05) is 5.56 Å². The zero-order valence-electron chi connectivity index (χ0n) is 8.51. The van der Waals surface area contributed by atoms with Crippen LogP contribution in [0.4, 0.5) is 5.82 Å². The topological polar surface area (TPSA) is 64.1 Å². The molecule has 0 aliphatic rings. The van der Waals surface area contributed by atoms with E-state index < -0.39 is 0 Å². The number of aliphatic hydroxyl groups excluding tert-OH is 1. The molecule has 0 radical (unpaired) electrons. The average Bonchev–Trinajstić information content (AvgIpc) is 2.61. The zero-order valence-corrected chi connectivity index (χ0v) is 8.51. The van der Waals surface area contributed by atoms with Gasteiger partial charge in [-0.2, -0.15) is 5.10 Å². The molecule has 4 heteroatoms. The highest BCUT2D eigenvalue weighted by Crippen LogP contribution is 2.17. The Balaban J connectivity index is 2.45. The van der Waals surface area contributed by atoms with Gasteiger partial charge in [-0.15, -0.1) is 0 Å².